The molecule has 0 aromatic carbocycles. The molecule has 116 valence electrons. The Morgan fingerprint density at radius 3 is 2.62 bits per heavy atom. The lowest BCUT2D eigenvalue weighted by Crippen LogP contribution is -2.42. The number of carbonyl (C=O) groups is 2. The van der Waals surface area contributed by atoms with E-state index in [0.29, 0.717) is 19.3 Å². The van der Waals surface area contributed by atoms with E-state index in [0.717, 1.165) is 13.1 Å². The van der Waals surface area contributed by atoms with Crippen LogP contribution < -0.4 is 0 Å². The Hall–Kier alpha value is -0.400. The summed E-state index contributed by atoms with van der Waals surface area (Å²) in [6.45, 7) is 3.87. The minimum absolute atomic E-state index is 0.0258. The maximum absolute atomic E-state index is 12.4. The Morgan fingerprint density at radius 1 is 1.48 bits per heavy atom. The molecule has 2 heterocycles. The second-order valence-electron chi connectivity index (χ2n) is 5.45. The standard InChI is InChI=1S/C14H17Br2NO3S/c1-7(2)17-11(18)5-3-4-8(14(19)20)12(17)10-6-9(15)13(16)21-10/h6-8,12H,3-5H2,1-2H3,(H,19,20). The highest BCUT2D eigenvalue weighted by molar-refractivity contribution is 9.13. The topological polar surface area (TPSA) is 57.6 Å². The predicted octanol–water partition coefficient (Wildman–Crippen LogP) is 4.44. The Labute approximate surface area is 144 Å². The number of carboxylic acids is 1. The average molecular weight is 439 g/mol. The molecule has 1 aliphatic rings. The van der Waals surface area contributed by atoms with Gasteiger partial charge in [0.05, 0.1) is 15.7 Å². The van der Waals surface area contributed by atoms with E-state index in [1.54, 1.807) is 4.90 Å². The molecule has 0 radical (unpaired) electrons. The summed E-state index contributed by atoms with van der Waals surface area (Å²) in [6.07, 6.45) is 1.58. The van der Waals surface area contributed by atoms with Crippen molar-refractivity contribution in [1.29, 1.82) is 0 Å². The Kier molecular flexibility index (Phi) is 5.48. The van der Waals surface area contributed by atoms with Crippen LogP contribution >= 0.6 is 43.2 Å². The number of carboxylic acid groups (broad SMARTS) is 1. The van der Waals surface area contributed by atoms with Crippen molar-refractivity contribution in [3.05, 3.63) is 19.2 Å². The normalized spacial score (nSPS) is 23.5. The zero-order valence-corrected chi connectivity index (χ0v) is 15.8. The first kappa shape index (κ1) is 17.0. The van der Waals surface area contributed by atoms with Gasteiger partial charge in [0.15, 0.2) is 0 Å². The van der Waals surface area contributed by atoms with Gasteiger partial charge >= 0.3 is 5.97 Å². The van der Waals surface area contributed by atoms with Crippen molar-refractivity contribution in [2.24, 2.45) is 5.92 Å². The number of hydrogen-bond acceptors (Lipinski definition) is 3. The lowest BCUT2D eigenvalue weighted by Gasteiger charge is -2.36. The summed E-state index contributed by atoms with van der Waals surface area (Å²) in [6, 6.07) is 1.50. The third kappa shape index (κ3) is 3.51. The minimum atomic E-state index is -0.832. The first-order valence-electron chi connectivity index (χ1n) is 6.81. The van der Waals surface area contributed by atoms with Crippen molar-refractivity contribution in [1.82, 2.24) is 4.90 Å². The van der Waals surface area contributed by atoms with Crippen LogP contribution in [0.4, 0.5) is 0 Å². The van der Waals surface area contributed by atoms with Crippen molar-refractivity contribution in [3.63, 3.8) is 0 Å². The Bertz CT molecular complexity index is 539. The molecule has 1 aromatic heterocycles. The monoisotopic (exact) mass is 437 g/mol. The van der Waals surface area contributed by atoms with Gasteiger partial charge in [-0.15, -0.1) is 11.3 Å². The summed E-state index contributed by atoms with van der Waals surface area (Å²) in [7, 11) is 0. The summed E-state index contributed by atoms with van der Waals surface area (Å²) in [4.78, 5) is 26.8. The fraction of sp³-hybridized carbons (Fsp3) is 0.571. The molecule has 1 saturated heterocycles. The van der Waals surface area contributed by atoms with Gasteiger partial charge in [-0.3, -0.25) is 9.59 Å². The van der Waals surface area contributed by atoms with Crippen LogP contribution in [-0.2, 0) is 9.59 Å². The molecule has 1 aliphatic heterocycles. The van der Waals surface area contributed by atoms with E-state index in [4.69, 9.17) is 0 Å². The van der Waals surface area contributed by atoms with Gasteiger partial charge in [0.25, 0.3) is 0 Å². The van der Waals surface area contributed by atoms with Crippen LogP contribution in [0.5, 0.6) is 0 Å². The van der Waals surface area contributed by atoms with Crippen LogP contribution in [0.2, 0.25) is 0 Å². The third-order valence-corrected chi connectivity index (χ3v) is 7.03. The summed E-state index contributed by atoms with van der Waals surface area (Å²) < 4.78 is 1.81. The van der Waals surface area contributed by atoms with Gasteiger partial charge in [-0.1, -0.05) is 0 Å². The van der Waals surface area contributed by atoms with Crippen molar-refractivity contribution in [2.45, 2.75) is 45.2 Å². The average Bonchev–Trinajstić information content (AvgIpc) is 2.61. The van der Waals surface area contributed by atoms with Gasteiger partial charge in [-0.25, -0.2) is 0 Å². The number of likely N-dealkylation sites (tertiary alicyclic amines) is 1. The van der Waals surface area contributed by atoms with Crippen molar-refractivity contribution in [3.8, 4) is 0 Å². The number of halogens is 2. The predicted molar refractivity (Wildman–Crippen MR) is 89.4 cm³/mol. The molecular formula is C14H17Br2NO3S. The largest absolute Gasteiger partial charge is 0.481 e. The number of thiophene rings is 1. The Morgan fingerprint density at radius 2 is 2.14 bits per heavy atom. The van der Waals surface area contributed by atoms with E-state index in [1.807, 2.05) is 19.9 Å². The molecular weight excluding hydrogens is 422 g/mol. The van der Waals surface area contributed by atoms with Crippen LogP contribution in [0.1, 0.15) is 44.0 Å². The molecule has 2 rings (SSSR count). The molecule has 7 heteroatoms. The SMILES string of the molecule is CC(C)N1C(=O)CCCC(C(=O)O)C1c1cc(Br)c(Br)s1. The molecule has 1 fully saturated rings. The van der Waals surface area contributed by atoms with Crippen LogP contribution in [0.3, 0.4) is 0 Å². The van der Waals surface area contributed by atoms with Crippen LogP contribution in [0.25, 0.3) is 0 Å². The fourth-order valence-corrected chi connectivity index (χ4v) is 5.08. The van der Waals surface area contributed by atoms with E-state index in [2.05, 4.69) is 31.9 Å². The summed E-state index contributed by atoms with van der Waals surface area (Å²) >= 11 is 8.38. The molecule has 4 nitrogen and oxygen atoms in total. The maximum atomic E-state index is 12.4. The molecule has 1 N–H and O–H groups in total. The van der Waals surface area contributed by atoms with E-state index in [-0.39, 0.29) is 11.9 Å². The number of aliphatic carboxylic acids is 1. The first-order valence-corrected chi connectivity index (χ1v) is 9.22. The number of hydrogen-bond donors (Lipinski definition) is 1. The van der Waals surface area contributed by atoms with E-state index >= 15 is 0 Å². The second-order valence-corrected chi connectivity index (χ2v) is 8.70. The van der Waals surface area contributed by atoms with Crippen molar-refractivity contribution in [2.75, 3.05) is 0 Å². The zero-order valence-electron chi connectivity index (χ0n) is 11.8. The molecule has 21 heavy (non-hydrogen) atoms. The third-order valence-electron chi connectivity index (χ3n) is 3.70. The molecule has 0 bridgehead atoms. The van der Waals surface area contributed by atoms with Gasteiger partial charge < -0.3 is 10.0 Å². The minimum Gasteiger partial charge on any atom is -0.481 e. The first-order chi connectivity index (χ1) is 9.82. The lowest BCUT2D eigenvalue weighted by molar-refractivity contribution is -0.146. The lowest BCUT2D eigenvalue weighted by atomic mass is 9.93. The smallest absolute Gasteiger partial charge is 0.308 e. The molecule has 0 aliphatic carbocycles. The van der Waals surface area contributed by atoms with Gasteiger partial charge in [0.2, 0.25) is 5.91 Å². The highest BCUT2D eigenvalue weighted by Gasteiger charge is 2.40. The molecule has 2 atom stereocenters. The van der Waals surface area contributed by atoms with Gasteiger partial charge in [0.1, 0.15) is 0 Å². The molecule has 2 unspecified atom stereocenters. The van der Waals surface area contributed by atoms with E-state index < -0.39 is 17.9 Å². The highest BCUT2D eigenvalue weighted by atomic mass is 79.9. The van der Waals surface area contributed by atoms with Crippen LogP contribution in [0, 0.1) is 5.92 Å². The number of rotatable bonds is 3. The zero-order chi connectivity index (χ0) is 15.7. The molecule has 0 spiro atoms. The molecule has 1 amide bonds. The summed E-state index contributed by atoms with van der Waals surface area (Å²) in [5, 5.41) is 9.60. The quantitative estimate of drug-likeness (QED) is 0.758. The molecule has 1 aromatic rings. The second kappa shape index (κ2) is 6.79. The van der Waals surface area contributed by atoms with E-state index in [9.17, 15) is 14.7 Å². The summed E-state index contributed by atoms with van der Waals surface area (Å²) in [5.41, 5.74) is 0. The van der Waals surface area contributed by atoms with Crippen molar-refractivity contribution < 1.29 is 14.7 Å². The molecule has 0 saturated carbocycles. The summed E-state index contributed by atoms with van der Waals surface area (Å²) in [5.74, 6) is -1.35. The van der Waals surface area contributed by atoms with Crippen LogP contribution in [0.15, 0.2) is 14.3 Å². The van der Waals surface area contributed by atoms with Gasteiger partial charge in [-0.2, -0.15) is 0 Å². The van der Waals surface area contributed by atoms with Crippen LogP contribution in [-0.4, -0.2) is 27.9 Å². The number of carbonyl (C=O) groups excluding carboxylic acids is 1. The maximum Gasteiger partial charge on any atom is 0.308 e. The van der Waals surface area contributed by atoms with Gasteiger partial charge in [-0.05, 0) is 64.6 Å². The number of nitrogens with zero attached hydrogens (tertiary/aromatic N) is 1. The Balaban J connectivity index is 2.52. The highest BCUT2D eigenvalue weighted by Crippen LogP contribution is 2.43. The fourth-order valence-electron chi connectivity index (χ4n) is 2.82. The van der Waals surface area contributed by atoms with Crippen molar-refractivity contribution >= 4 is 55.1 Å². The number of amides is 1. The van der Waals surface area contributed by atoms with Gasteiger partial charge in [0, 0.05) is 21.8 Å². The van der Waals surface area contributed by atoms with E-state index in [1.165, 1.54) is 11.3 Å².